The fourth-order valence-corrected chi connectivity index (χ4v) is 2.96. The van der Waals surface area contributed by atoms with E-state index in [1.54, 1.807) is 11.3 Å². The van der Waals surface area contributed by atoms with Crippen LogP contribution in [0.3, 0.4) is 0 Å². The third-order valence-corrected chi connectivity index (χ3v) is 4.03. The molecule has 15 heavy (non-hydrogen) atoms. The molecule has 1 N–H and O–H groups in total. The molecular formula is C11H17ClN2S. The van der Waals surface area contributed by atoms with E-state index < -0.39 is 0 Å². The van der Waals surface area contributed by atoms with Crippen molar-refractivity contribution in [3.05, 3.63) is 21.3 Å². The molecule has 2 nitrogen and oxygen atoms in total. The summed E-state index contributed by atoms with van der Waals surface area (Å²) in [6.07, 6.45) is 2.41. The maximum atomic E-state index is 5.90. The molecule has 1 aromatic rings. The van der Waals surface area contributed by atoms with Crippen LogP contribution in [-0.2, 0) is 6.42 Å². The normalized spacial score (nSPS) is 19.0. The molecule has 0 bridgehead atoms. The molecule has 0 saturated carbocycles. The Bertz CT molecular complexity index is 293. The Morgan fingerprint density at radius 1 is 1.33 bits per heavy atom. The van der Waals surface area contributed by atoms with Crippen LogP contribution < -0.4 is 5.32 Å². The molecule has 1 aliphatic heterocycles. The van der Waals surface area contributed by atoms with Crippen molar-refractivity contribution in [2.24, 2.45) is 0 Å². The summed E-state index contributed by atoms with van der Waals surface area (Å²) >= 11 is 7.61. The summed E-state index contributed by atoms with van der Waals surface area (Å²) in [7, 11) is 0. The van der Waals surface area contributed by atoms with Gasteiger partial charge >= 0.3 is 0 Å². The second kappa shape index (κ2) is 5.85. The first-order valence-corrected chi connectivity index (χ1v) is 6.71. The molecule has 0 amide bonds. The summed E-state index contributed by atoms with van der Waals surface area (Å²) in [5.41, 5.74) is 0. The Morgan fingerprint density at radius 2 is 2.27 bits per heavy atom. The van der Waals surface area contributed by atoms with E-state index in [-0.39, 0.29) is 0 Å². The van der Waals surface area contributed by atoms with Gasteiger partial charge in [-0.1, -0.05) is 11.6 Å². The molecule has 0 spiro atoms. The van der Waals surface area contributed by atoms with Crippen LogP contribution in [0.2, 0.25) is 4.34 Å². The van der Waals surface area contributed by atoms with Gasteiger partial charge in [0.1, 0.15) is 0 Å². The first-order chi connectivity index (χ1) is 7.34. The first-order valence-electron chi connectivity index (χ1n) is 5.52. The van der Waals surface area contributed by atoms with Gasteiger partial charge in [-0.3, -0.25) is 0 Å². The molecule has 2 heterocycles. The predicted octanol–water partition coefficient (Wildman–Crippen LogP) is 2.24. The fourth-order valence-electron chi connectivity index (χ4n) is 1.88. The Labute approximate surface area is 100 Å². The molecule has 2 rings (SSSR count). The van der Waals surface area contributed by atoms with Crippen molar-refractivity contribution in [3.63, 3.8) is 0 Å². The molecule has 1 saturated heterocycles. The Balaban J connectivity index is 1.76. The van der Waals surface area contributed by atoms with Gasteiger partial charge in [0.05, 0.1) is 4.34 Å². The van der Waals surface area contributed by atoms with Crippen molar-refractivity contribution in [2.75, 3.05) is 32.7 Å². The van der Waals surface area contributed by atoms with E-state index in [4.69, 9.17) is 11.6 Å². The van der Waals surface area contributed by atoms with Gasteiger partial charge in [0.25, 0.3) is 0 Å². The van der Waals surface area contributed by atoms with Crippen LogP contribution in [0.5, 0.6) is 0 Å². The molecule has 0 radical (unpaired) electrons. The zero-order valence-electron chi connectivity index (χ0n) is 8.84. The second-order valence-corrected chi connectivity index (χ2v) is 5.70. The van der Waals surface area contributed by atoms with Crippen molar-refractivity contribution in [2.45, 2.75) is 12.8 Å². The van der Waals surface area contributed by atoms with Crippen LogP contribution in [-0.4, -0.2) is 37.6 Å². The van der Waals surface area contributed by atoms with Crippen LogP contribution in [0, 0.1) is 0 Å². The minimum atomic E-state index is 0.905. The number of hydrogen-bond donors (Lipinski definition) is 1. The molecule has 84 valence electrons. The van der Waals surface area contributed by atoms with Crippen LogP contribution in [0.25, 0.3) is 0 Å². The minimum Gasteiger partial charge on any atom is -0.315 e. The van der Waals surface area contributed by atoms with E-state index in [1.807, 2.05) is 6.07 Å². The summed E-state index contributed by atoms with van der Waals surface area (Å²) in [5.74, 6) is 0. The lowest BCUT2D eigenvalue weighted by molar-refractivity contribution is 0.297. The second-order valence-electron chi connectivity index (χ2n) is 3.90. The van der Waals surface area contributed by atoms with Gasteiger partial charge in [-0.25, -0.2) is 0 Å². The molecular weight excluding hydrogens is 228 g/mol. The third-order valence-electron chi connectivity index (χ3n) is 2.74. The van der Waals surface area contributed by atoms with Crippen LogP contribution in [0.1, 0.15) is 11.3 Å². The Hall–Kier alpha value is -0.0900. The molecule has 4 heteroatoms. The van der Waals surface area contributed by atoms with E-state index >= 15 is 0 Å². The van der Waals surface area contributed by atoms with Gasteiger partial charge in [-0.15, -0.1) is 11.3 Å². The first kappa shape index (κ1) is 11.4. The average Bonchev–Trinajstić information content (AvgIpc) is 2.52. The van der Waals surface area contributed by atoms with Crippen molar-refractivity contribution in [1.82, 2.24) is 10.2 Å². The summed E-state index contributed by atoms with van der Waals surface area (Å²) in [6, 6.07) is 4.13. The van der Waals surface area contributed by atoms with Crippen molar-refractivity contribution < 1.29 is 0 Å². The standard InChI is InChI=1S/C11H17ClN2S/c12-11-3-2-10(15-11)4-8-14-7-1-5-13-6-9-14/h2-3,13H,1,4-9H2. The Morgan fingerprint density at radius 3 is 3.07 bits per heavy atom. The highest BCUT2D eigenvalue weighted by Gasteiger charge is 2.08. The number of nitrogens with zero attached hydrogens (tertiary/aromatic N) is 1. The highest BCUT2D eigenvalue weighted by molar-refractivity contribution is 7.16. The van der Waals surface area contributed by atoms with Gasteiger partial charge in [-0.2, -0.15) is 0 Å². The van der Waals surface area contributed by atoms with Gasteiger partial charge in [-0.05, 0) is 38.1 Å². The summed E-state index contributed by atoms with van der Waals surface area (Å²) in [4.78, 5) is 3.94. The molecule has 0 aromatic carbocycles. The zero-order chi connectivity index (χ0) is 10.5. The van der Waals surface area contributed by atoms with Crippen LogP contribution in [0.4, 0.5) is 0 Å². The van der Waals surface area contributed by atoms with Crippen molar-refractivity contribution in [1.29, 1.82) is 0 Å². The van der Waals surface area contributed by atoms with E-state index in [0.717, 1.165) is 17.3 Å². The van der Waals surface area contributed by atoms with Gasteiger partial charge in [0.2, 0.25) is 0 Å². The SMILES string of the molecule is Clc1ccc(CCN2CCCNCC2)s1. The topological polar surface area (TPSA) is 15.3 Å². The lowest BCUT2D eigenvalue weighted by Gasteiger charge is -2.18. The minimum absolute atomic E-state index is 0.905. The highest BCUT2D eigenvalue weighted by atomic mass is 35.5. The van der Waals surface area contributed by atoms with E-state index in [0.29, 0.717) is 0 Å². The molecule has 0 unspecified atom stereocenters. The monoisotopic (exact) mass is 244 g/mol. The number of nitrogens with one attached hydrogen (secondary N) is 1. The number of thiophene rings is 1. The molecule has 1 fully saturated rings. The Kier molecular flexibility index (Phi) is 4.44. The molecule has 0 aliphatic carbocycles. The predicted molar refractivity (Wildman–Crippen MR) is 67.0 cm³/mol. The molecule has 0 atom stereocenters. The summed E-state index contributed by atoms with van der Waals surface area (Å²) < 4.78 is 0.905. The smallest absolute Gasteiger partial charge is 0.0931 e. The quantitative estimate of drug-likeness (QED) is 0.878. The van der Waals surface area contributed by atoms with E-state index in [2.05, 4.69) is 16.3 Å². The van der Waals surface area contributed by atoms with E-state index in [9.17, 15) is 0 Å². The maximum absolute atomic E-state index is 5.90. The van der Waals surface area contributed by atoms with Gasteiger partial charge < -0.3 is 10.2 Å². The number of rotatable bonds is 3. The zero-order valence-corrected chi connectivity index (χ0v) is 10.4. The molecule has 1 aromatic heterocycles. The van der Waals surface area contributed by atoms with Crippen LogP contribution >= 0.6 is 22.9 Å². The molecule has 1 aliphatic rings. The lowest BCUT2D eigenvalue weighted by Crippen LogP contribution is -2.29. The summed E-state index contributed by atoms with van der Waals surface area (Å²) in [6.45, 7) is 5.87. The number of halogens is 1. The van der Waals surface area contributed by atoms with E-state index in [1.165, 1.54) is 37.5 Å². The van der Waals surface area contributed by atoms with Crippen molar-refractivity contribution >= 4 is 22.9 Å². The fraction of sp³-hybridized carbons (Fsp3) is 0.636. The highest BCUT2D eigenvalue weighted by Crippen LogP contribution is 2.21. The van der Waals surface area contributed by atoms with Crippen LogP contribution in [0.15, 0.2) is 12.1 Å². The van der Waals surface area contributed by atoms with Crippen molar-refractivity contribution in [3.8, 4) is 0 Å². The summed E-state index contributed by atoms with van der Waals surface area (Å²) in [5, 5.41) is 3.42. The maximum Gasteiger partial charge on any atom is 0.0931 e. The van der Waals surface area contributed by atoms with Gasteiger partial charge in [0, 0.05) is 24.5 Å². The number of hydrogen-bond acceptors (Lipinski definition) is 3. The van der Waals surface area contributed by atoms with Gasteiger partial charge in [0.15, 0.2) is 0 Å². The average molecular weight is 245 g/mol. The largest absolute Gasteiger partial charge is 0.315 e. The third kappa shape index (κ3) is 3.76. The lowest BCUT2D eigenvalue weighted by atomic mass is 10.3.